The third-order valence-electron chi connectivity index (χ3n) is 3.93. The van der Waals surface area contributed by atoms with Crippen LogP contribution in [0.1, 0.15) is 25.0 Å². The molecule has 0 spiro atoms. The Hall–Kier alpha value is -3.14. The normalized spacial score (nSPS) is 16.5. The zero-order valence-electron chi connectivity index (χ0n) is 14.9. The van der Waals surface area contributed by atoms with E-state index in [9.17, 15) is 19.2 Å². The zero-order chi connectivity index (χ0) is 20.3. The van der Waals surface area contributed by atoms with Crippen LogP contribution in [0, 0.1) is 6.92 Å². The molecule has 10 heteroatoms. The first-order chi connectivity index (χ1) is 13.3. The van der Waals surface area contributed by atoms with Gasteiger partial charge in [-0.1, -0.05) is 5.16 Å². The van der Waals surface area contributed by atoms with Crippen LogP contribution in [-0.4, -0.2) is 39.2 Å². The Balaban J connectivity index is 1.60. The predicted molar refractivity (Wildman–Crippen MR) is 99.9 cm³/mol. The number of amides is 3. The smallest absolute Gasteiger partial charge is 0.303 e. The average Bonchev–Trinajstić information content (AvgIpc) is 3.17. The van der Waals surface area contributed by atoms with Gasteiger partial charge < -0.3 is 14.9 Å². The molecular weight excluding hydrogens is 386 g/mol. The van der Waals surface area contributed by atoms with Crippen molar-refractivity contribution in [3.8, 4) is 0 Å². The lowest BCUT2D eigenvalue weighted by Crippen LogP contribution is -2.31. The Labute approximate surface area is 164 Å². The van der Waals surface area contributed by atoms with E-state index < -0.39 is 17.1 Å². The largest absolute Gasteiger partial charge is 0.481 e. The fraction of sp³-hybridized carbons (Fsp3) is 0.278. The van der Waals surface area contributed by atoms with Crippen molar-refractivity contribution in [3.05, 3.63) is 36.1 Å². The minimum atomic E-state index is -1.03. The number of nitrogens with zero attached hydrogens (tertiary/aromatic N) is 2. The zero-order valence-corrected chi connectivity index (χ0v) is 15.7. The van der Waals surface area contributed by atoms with Crippen LogP contribution in [0.15, 0.2) is 39.8 Å². The summed E-state index contributed by atoms with van der Waals surface area (Å²) in [4.78, 5) is 48.7. The SMILES string of the molecule is Cc1cc(N2C(=O)C[C@H](Sc3ccc(NC(=O)CCC(=O)O)cc3)C2=O)no1. The summed E-state index contributed by atoms with van der Waals surface area (Å²) >= 11 is 1.25. The number of benzene rings is 1. The first-order valence-corrected chi connectivity index (χ1v) is 9.30. The molecule has 28 heavy (non-hydrogen) atoms. The van der Waals surface area contributed by atoms with Crippen molar-refractivity contribution in [3.63, 3.8) is 0 Å². The van der Waals surface area contributed by atoms with Gasteiger partial charge in [-0.2, -0.15) is 0 Å². The first-order valence-electron chi connectivity index (χ1n) is 8.42. The van der Waals surface area contributed by atoms with E-state index >= 15 is 0 Å². The minimum Gasteiger partial charge on any atom is -0.481 e. The van der Waals surface area contributed by atoms with Crippen molar-refractivity contribution in [1.82, 2.24) is 5.16 Å². The van der Waals surface area contributed by atoms with Crippen LogP contribution < -0.4 is 10.2 Å². The Morgan fingerprint density at radius 1 is 1.29 bits per heavy atom. The summed E-state index contributed by atoms with van der Waals surface area (Å²) in [6, 6.07) is 8.28. The number of nitrogens with one attached hydrogen (secondary N) is 1. The average molecular weight is 403 g/mol. The molecule has 1 aliphatic heterocycles. The summed E-state index contributed by atoms with van der Waals surface area (Å²) in [5, 5.41) is 14.4. The second kappa shape index (κ2) is 8.26. The maximum Gasteiger partial charge on any atom is 0.303 e. The van der Waals surface area contributed by atoms with Crippen LogP contribution in [0.2, 0.25) is 0 Å². The number of hydrogen-bond donors (Lipinski definition) is 2. The van der Waals surface area contributed by atoms with Crippen molar-refractivity contribution < 1.29 is 28.8 Å². The number of carboxylic acid groups (broad SMARTS) is 1. The molecule has 1 fully saturated rings. The summed E-state index contributed by atoms with van der Waals surface area (Å²) in [5.41, 5.74) is 0.522. The first kappa shape index (κ1) is 19.6. The Bertz CT molecular complexity index is 924. The maximum absolute atomic E-state index is 12.6. The molecule has 1 aromatic carbocycles. The van der Waals surface area contributed by atoms with Crippen molar-refractivity contribution in [2.24, 2.45) is 0 Å². The van der Waals surface area contributed by atoms with E-state index in [1.54, 1.807) is 31.2 Å². The minimum absolute atomic E-state index is 0.0586. The molecule has 0 aliphatic carbocycles. The number of rotatable bonds is 7. The van der Waals surface area contributed by atoms with Gasteiger partial charge in [0.15, 0.2) is 5.82 Å². The van der Waals surface area contributed by atoms with Crippen LogP contribution in [-0.2, 0) is 19.2 Å². The second-order valence-electron chi connectivity index (χ2n) is 6.14. The summed E-state index contributed by atoms with van der Waals surface area (Å²) in [7, 11) is 0. The number of aliphatic carboxylic acids is 1. The van der Waals surface area contributed by atoms with Gasteiger partial charge in [0.2, 0.25) is 17.7 Å². The molecule has 2 heterocycles. The number of carboxylic acids is 1. The highest BCUT2D eigenvalue weighted by Gasteiger charge is 2.41. The van der Waals surface area contributed by atoms with Crippen LogP contribution in [0.5, 0.6) is 0 Å². The van der Waals surface area contributed by atoms with E-state index in [2.05, 4.69) is 10.5 Å². The van der Waals surface area contributed by atoms with Gasteiger partial charge in [0.05, 0.1) is 11.7 Å². The molecule has 0 unspecified atom stereocenters. The molecule has 0 radical (unpaired) electrons. The van der Waals surface area contributed by atoms with Gasteiger partial charge in [-0.25, -0.2) is 4.90 Å². The van der Waals surface area contributed by atoms with Crippen molar-refractivity contribution >= 4 is 47.0 Å². The van der Waals surface area contributed by atoms with Gasteiger partial charge in [0.25, 0.3) is 0 Å². The van der Waals surface area contributed by atoms with E-state index in [1.807, 2.05) is 0 Å². The summed E-state index contributed by atoms with van der Waals surface area (Å²) in [6.45, 7) is 1.68. The van der Waals surface area contributed by atoms with E-state index in [-0.39, 0.29) is 36.9 Å². The Kier molecular flexibility index (Phi) is 5.78. The van der Waals surface area contributed by atoms with E-state index in [1.165, 1.54) is 17.8 Å². The highest BCUT2D eigenvalue weighted by molar-refractivity contribution is 8.00. The van der Waals surface area contributed by atoms with Gasteiger partial charge in [0, 0.05) is 29.5 Å². The van der Waals surface area contributed by atoms with Crippen LogP contribution >= 0.6 is 11.8 Å². The number of hydrogen-bond acceptors (Lipinski definition) is 7. The third kappa shape index (κ3) is 4.58. The lowest BCUT2D eigenvalue weighted by molar-refractivity contribution is -0.138. The topological polar surface area (TPSA) is 130 Å². The molecule has 0 saturated carbocycles. The Morgan fingerprint density at radius 3 is 2.61 bits per heavy atom. The number of carbonyl (C=O) groups excluding carboxylic acids is 3. The predicted octanol–water partition coefficient (Wildman–Crippen LogP) is 2.21. The maximum atomic E-state index is 12.6. The van der Waals surface area contributed by atoms with Crippen LogP contribution in [0.25, 0.3) is 0 Å². The summed E-state index contributed by atoms with van der Waals surface area (Å²) in [5.74, 6) is -1.42. The molecular formula is C18H17N3O6S. The van der Waals surface area contributed by atoms with Crippen molar-refractivity contribution in [1.29, 1.82) is 0 Å². The lowest BCUT2D eigenvalue weighted by Gasteiger charge is -2.11. The molecule has 1 atom stereocenters. The number of imide groups is 1. The number of aryl methyl sites for hydroxylation is 1. The molecule has 1 aliphatic rings. The van der Waals surface area contributed by atoms with E-state index in [4.69, 9.17) is 9.63 Å². The molecule has 3 amide bonds. The van der Waals surface area contributed by atoms with E-state index in [0.717, 1.165) is 9.80 Å². The third-order valence-corrected chi connectivity index (χ3v) is 5.13. The van der Waals surface area contributed by atoms with Crippen molar-refractivity contribution in [2.45, 2.75) is 36.3 Å². The molecule has 3 rings (SSSR count). The van der Waals surface area contributed by atoms with Crippen LogP contribution in [0.4, 0.5) is 11.5 Å². The highest BCUT2D eigenvalue weighted by Crippen LogP contribution is 2.34. The van der Waals surface area contributed by atoms with Gasteiger partial charge >= 0.3 is 5.97 Å². The fourth-order valence-electron chi connectivity index (χ4n) is 2.62. The molecule has 2 N–H and O–H groups in total. The molecule has 2 aromatic rings. The Morgan fingerprint density at radius 2 is 2.00 bits per heavy atom. The van der Waals surface area contributed by atoms with Crippen molar-refractivity contribution in [2.75, 3.05) is 10.2 Å². The van der Waals surface area contributed by atoms with Gasteiger partial charge in [0.1, 0.15) is 5.76 Å². The molecule has 1 aromatic heterocycles. The fourth-order valence-corrected chi connectivity index (χ4v) is 3.67. The number of aromatic nitrogens is 1. The molecule has 1 saturated heterocycles. The van der Waals surface area contributed by atoms with Gasteiger partial charge in [-0.3, -0.25) is 19.2 Å². The standard InChI is InChI=1S/C18H17N3O6S/c1-10-8-14(20-27-10)21-16(23)9-13(18(21)26)28-12-4-2-11(3-5-12)19-15(22)6-7-17(24)25/h2-5,8,13H,6-7,9H2,1H3,(H,19,22)(H,24,25)/t13-/m0/s1. The monoisotopic (exact) mass is 403 g/mol. The molecule has 9 nitrogen and oxygen atoms in total. The summed E-state index contributed by atoms with van der Waals surface area (Å²) < 4.78 is 4.93. The summed E-state index contributed by atoms with van der Waals surface area (Å²) in [6.07, 6.45) is -0.288. The number of thioether (sulfide) groups is 1. The molecule has 146 valence electrons. The van der Waals surface area contributed by atoms with Gasteiger partial charge in [-0.05, 0) is 31.2 Å². The molecule has 0 bridgehead atoms. The number of carbonyl (C=O) groups is 4. The highest BCUT2D eigenvalue weighted by atomic mass is 32.2. The quantitative estimate of drug-likeness (QED) is 0.673. The lowest BCUT2D eigenvalue weighted by atomic mass is 10.2. The van der Waals surface area contributed by atoms with Crippen LogP contribution in [0.3, 0.4) is 0 Å². The van der Waals surface area contributed by atoms with Gasteiger partial charge in [-0.15, -0.1) is 11.8 Å². The van der Waals surface area contributed by atoms with E-state index in [0.29, 0.717) is 11.4 Å². The second-order valence-corrected chi connectivity index (χ2v) is 7.42. The number of anilines is 2.